The van der Waals surface area contributed by atoms with Crippen molar-refractivity contribution in [3.05, 3.63) is 82.7 Å². The molecule has 0 bridgehead atoms. The molecule has 2 aromatic carbocycles. The van der Waals surface area contributed by atoms with Crippen LogP contribution >= 0.6 is 0 Å². The lowest BCUT2D eigenvalue weighted by atomic mass is 10.1. The van der Waals surface area contributed by atoms with E-state index in [2.05, 4.69) is 5.32 Å². The average molecular weight is 498 g/mol. The van der Waals surface area contributed by atoms with Gasteiger partial charge in [0.25, 0.3) is 15.9 Å². The van der Waals surface area contributed by atoms with Gasteiger partial charge in [-0.2, -0.15) is 0 Å². The Hall–Kier alpha value is -3.92. The number of anilines is 1. The molecule has 0 atom stereocenters. The summed E-state index contributed by atoms with van der Waals surface area (Å²) >= 11 is 0. The van der Waals surface area contributed by atoms with Crippen molar-refractivity contribution >= 4 is 33.5 Å². The highest BCUT2D eigenvalue weighted by atomic mass is 32.2. The van der Waals surface area contributed by atoms with Crippen LogP contribution in [0.3, 0.4) is 0 Å². The Morgan fingerprint density at radius 1 is 0.971 bits per heavy atom. The number of amides is 2. The fourth-order valence-electron chi connectivity index (χ4n) is 3.81. The van der Waals surface area contributed by atoms with Crippen LogP contribution in [0.15, 0.2) is 59.5 Å². The molecule has 0 spiro atoms. The van der Waals surface area contributed by atoms with Crippen molar-refractivity contribution in [1.82, 2.24) is 9.29 Å². The summed E-state index contributed by atoms with van der Waals surface area (Å²) < 4.78 is 33.2. The maximum atomic E-state index is 13.2. The molecule has 0 fully saturated rings. The van der Waals surface area contributed by atoms with Crippen molar-refractivity contribution in [1.29, 1.82) is 0 Å². The monoisotopic (exact) mass is 497 g/mol. The number of nitrogens with zero attached hydrogens (tertiary/aromatic N) is 1. The van der Waals surface area contributed by atoms with Crippen LogP contribution in [0.2, 0.25) is 0 Å². The molecule has 10 heteroatoms. The lowest BCUT2D eigenvalue weighted by Gasteiger charge is -2.12. The van der Waals surface area contributed by atoms with E-state index in [4.69, 9.17) is 4.74 Å². The number of benzene rings is 2. The summed E-state index contributed by atoms with van der Waals surface area (Å²) in [6.07, 6.45) is 0. The van der Waals surface area contributed by atoms with E-state index in [0.29, 0.717) is 34.7 Å². The second kappa shape index (κ2) is 10.6. The summed E-state index contributed by atoms with van der Waals surface area (Å²) in [5.41, 5.74) is 3.02. The van der Waals surface area contributed by atoms with Gasteiger partial charge in [0.2, 0.25) is 5.91 Å². The van der Waals surface area contributed by atoms with E-state index in [9.17, 15) is 22.8 Å². The van der Waals surface area contributed by atoms with Crippen LogP contribution in [0.25, 0.3) is 0 Å². The number of hydrogen-bond acceptors (Lipinski definition) is 6. The van der Waals surface area contributed by atoms with Gasteiger partial charge in [-0.25, -0.2) is 17.9 Å². The number of aromatic nitrogens is 1. The van der Waals surface area contributed by atoms with Gasteiger partial charge < -0.3 is 14.6 Å². The third kappa shape index (κ3) is 5.78. The van der Waals surface area contributed by atoms with Crippen LogP contribution in [-0.2, 0) is 26.1 Å². The van der Waals surface area contributed by atoms with Crippen molar-refractivity contribution in [2.24, 2.45) is 0 Å². The van der Waals surface area contributed by atoms with E-state index in [0.717, 1.165) is 12.5 Å². The first kappa shape index (κ1) is 25.7. The highest BCUT2D eigenvalue weighted by Crippen LogP contribution is 2.26. The lowest BCUT2D eigenvalue weighted by molar-refractivity contribution is -0.117. The first-order valence-electron chi connectivity index (χ1n) is 10.9. The van der Waals surface area contributed by atoms with Gasteiger partial charge in [-0.15, -0.1) is 0 Å². The van der Waals surface area contributed by atoms with Gasteiger partial charge in [0.1, 0.15) is 5.69 Å². The topological polar surface area (TPSA) is 124 Å². The molecule has 0 unspecified atom stereocenters. The molecule has 0 saturated carbocycles. The first-order valence-corrected chi connectivity index (χ1v) is 12.4. The van der Waals surface area contributed by atoms with Crippen LogP contribution in [0.4, 0.5) is 5.69 Å². The van der Waals surface area contributed by atoms with Gasteiger partial charge in [-0.05, 0) is 56.2 Å². The minimum atomic E-state index is -3.98. The molecule has 0 aliphatic carbocycles. The third-order valence-electron chi connectivity index (χ3n) is 5.35. The van der Waals surface area contributed by atoms with Crippen LogP contribution in [-0.4, -0.2) is 37.4 Å². The van der Waals surface area contributed by atoms with Gasteiger partial charge in [0, 0.05) is 24.8 Å². The Kier molecular flexibility index (Phi) is 7.75. The Balaban J connectivity index is 1.94. The number of esters is 1. The van der Waals surface area contributed by atoms with Crippen LogP contribution in [0.1, 0.15) is 51.5 Å². The quantitative estimate of drug-likeness (QED) is 0.460. The Morgan fingerprint density at radius 2 is 1.60 bits per heavy atom. The number of carbonyl (C=O) groups excluding carboxylic acids is 3. The van der Waals surface area contributed by atoms with Crippen molar-refractivity contribution in [2.75, 3.05) is 11.9 Å². The van der Waals surface area contributed by atoms with E-state index in [1.54, 1.807) is 25.3 Å². The fraction of sp³-hybridized carbons (Fsp3) is 0.240. The lowest BCUT2D eigenvalue weighted by Crippen LogP contribution is -2.28. The standard InChI is InChI=1S/C25H27N3O6S/c1-5-34-25(31)23-16(2)22(17(3)28(23)15-19-9-7-6-8-10-19)24(30)26-20-11-13-21(14-12-20)35(32,33)27-18(4)29/h6-14H,5,15H2,1-4H3,(H,26,30)(H,27,29). The Morgan fingerprint density at radius 3 is 2.17 bits per heavy atom. The minimum Gasteiger partial charge on any atom is -0.461 e. The molecule has 1 heterocycles. The summed E-state index contributed by atoms with van der Waals surface area (Å²) in [7, 11) is -3.98. The largest absolute Gasteiger partial charge is 0.461 e. The Labute approximate surface area is 204 Å². The van der Waals surface area contributed by atoms with Gasteiger partial charge in [-0.3, -0.25) is 9.59 Å². The van der Waals surface area contributed by atoms with E-state index in [-0.39, 0.29) is 11.5 Å². The molecule has 0 radical (unpaired) electrons. The number of ether oxygens (including phenoxy) is 1. The predicted octanol–water partition coefficient (Wildman–Crippen LogP) is 3.41. The van der Waals surface area contributed by atoms with Crippen molar-refractivity contribution < 1.29 is 27.5 Å². The van der Waals surface area contributed by atoms with E-state index in [1.807, 2.05) is 35.1 Å². The second-order valence-electron chi connectivity index (χ2n) is 7.87. The number of carbonyl (C=O) groups is 3. The molecule has 0 aliphatic heterocycles. The molecule has 0 saturated heterocycles. The fourth-order valence-corrected chi connectivity index (χ4v) is 4.81. The zero-order valence-electron chi connectivity index (χ0n) is 19.9. The van der Waals surface area contributed by atoms with Gasteiger partial charge in [0.05, 0.1) is 17.1 Å². The summed E-state index contributed by atoms with van der Waals surface area (Å²) in [6, 6.07) is 15.0. The summed E-state index contributed by atoms with van der Waals surface area (Å²) in [6.45, 7) is 6.85. The first-order chi connectivity index (χ1) is 16.5. The molecule has 3 rings (SSSR count). The smallest absolute Gasteiger partial charge is 0.355 e. The molecule has 2 N–H and O–H groups in total. The molecular weight excluding hydrogens is 470 g/mol. The molecule has 2 amide bonds. The maximum Gasteiger partial charge on any atom is 0.355 e. The summed E-state index contributed by atoms with van der Waals surface area (Å²) in [5, 5.41) is 2.75. The molecule has 9 nitrogen and oxygen atoms in total. The summed E-state index contributed by atoms with van der Waals surface area (Å²) in [5.74, 6) is -1.67. The molecule has 35 heavy (non-hydrogen) atoms. The molecule has 0 aliphatic rings. The molecular formula is C25H27N3O6S. The van der Waals surface area contributed by atoms with Crippen molar-refractivity contribution in [3.8, 4) is 0 Å². The normalized spacial score (nSPS) is 11.1. The van der Waals surface area contributed by atoms with Crippen LogP contribution in [0, 0.1) is 13.8 Å². The van der Waals surface area contributed by atoms with E-state index in [1.165, 1.54) is 24.3 Å². The van der Waals surface area contributed by atoms with E-state index < -0.39 is 27.8 Å². The maximum absolute atomic E-state index is 13.2. The molecule has 3 aromatic rings. The SMILES string of the molecule is CCOC(=O)c1c(C)c(C(=O)Nc2ccc(S(=O)(=O)NC(C)=O)cc2)c(C)n1Cc1ccccc1. The zero-order chi connectivity index (χ0) is 25.8. The average Bonchev–Trinajstić information content (AvgIpc) is 3.03. The number of hydrogen-bond donors (Lipinski definition) is 2. The molecule has 1 aromatic heterocycles. The van der Waals surface area contributed by atoms with Crippen LogP contribution < -0.4 is 10.0 Å². The highest BCUT2D eigenvalue weighted by molar-refractivity contribution is 7.90. The summed E-state index contributed by atoms with van der Waals surface area (Å²) in [4.78, 5) is 37.0. The van der Waals surface area contributed by atoms with E-state index >= 15 is 0 Å². The minimum absolute atomic E-state index is 0.114. The van der Waals surface area contributed by atoms with Gasteiger partial charge in [0.15, 0.2) is 0 Å². The number of rotatable bonds is 8. The number of sulfonamides is 1. The number of nitrogens with one attached hydrogen (secondary N) is 2. The van der Waals surface area contributed by atoms with Crippen LogP contribution in [0.5, 0.6) is 0 Å². The third-order valence-corrected chi connectivity index (χ3v) is 6.80. The van der Waals surface area contributed by atoms with Crippen molar-refractivity contribution in [3.63, 3.8) is 0 Å². The molecule has 184 valence electrons. The van der Waals surface area contributed by atoms with Gasteiger partial charge >= 0.3 is 5.97 Å². The zero-order valence-corrected chi connectivity index (χ0v) is 20.7. The van der Waals surface area contributed by atoms with Crippen molar-refractivity contribution in [2.45, 2.75) is 39.1 Å². The second-order valence-corrected chi connectivity index (χ2v) is 9.55. The van der Waals surface area contributed by atoms with Gasteiger partial charge in [-0.1, -0.05) is 30.3 Å². The Bertz CT molecular complexity index is 1360. The predicted molar refractivity (Wildman–Crippen MR) is 131 cm³/mol. The highest BCUT2D eigenvalue weighted by Gasteiger charge is 2.27.